The van der Waals surface area contributed by atoms with E-state index in [1.165, 1.54) is 6.92 Å². The molecule has 7 heterocycles. The number of hydrogen-bond donors (Lipinski definition) is 5. The molecule has 57 heavy (non-hydrogen) atoms. The minimum atomic E-state index is -1.96. The van der Waals surface area contributed by atoms with E-state index in [0.29, 0.717) is 56.4 Å². The molecule has 7 aliphatic heterocycles. The minimum Gasteiger partial charge on any atom is -0.479 e. The zero-order chi connectivity index (χ0) is 40.9. The Bertz CT molecular complexity index is 1510. The molecule has 0 bridgehead atoms. The van der Waals surface area contributed by atoms with Gasteiger partial charge in [-0.15, -0.1) is 0 Å². The second-order valence-corrected chi connectivity index (χ2v) is 18.8. The highest BCUT2D eigenvalue weighted by atomic mass is 16.7. The van der Waals surface area contributed by atoms with Crippen molar-refractivity contribution >= 4 is 5.97 Å². The maximum absolute atomic E-state index is 11.6. The van der Waals surface area contributed by atoms with Crippen LogP contribution in [0.3, 0.4) is 0 Å². The number of fused-ring (bicyclic) bond motifs is 1. The van der Waals surface area contributed by atoms with Gasteiger partial charge >= 0.3 is 5.97 Å². The quantitative estimate of drug-likeness (QED) is 0.182. The SMILES string of the molecule is C=C1[C@@H](O)[C@@H]2O[C@]3(CC[C@H](C=C[C@@H](C)[C@@H]4CC(C)=C[C@@]5(O[C@H](C[C@@](C)(O)C(=O)O)CC[C@H]5O)O4)O3)CC[C@H]2O[C@@H]1[C@@H](O)C[C@H](C)[C@@H]1CCC[C@@]2(OCCC[C@H]2C)O1. The van der Waals surface area contributed by atoms with Crippen molar-refractivity contribution in [2.45, 2.75) is 209 Å². The van der Waals surface area contributed by atoms with Crippen LogP contribution in [0.25, 0.3) is 0 Å². The van der Waals surface area contributed by atoms with E-state index >= 15 is 0 Å². The predicted molar refractivity (Wildman–Crippen MR) is 208 cm³/mol. The van der Waals surface area contributed by atoms with Crippen molar-refractivity contribution in [1.29, 1.82) is 0 Å². The van der Waals surface area contributed by atoms with E-state index in [-0.39, 0.29) is 36.6 Å². The number of aliphatic carboxylic acids is 1. The summed E-state index contributed by atoms with van der Waals surface area (Å²) in [6.45, 7) is 14.5. The summed E-state index contributed by atoms with van der Waals surface area (Å²) in [6.07, 6.45) is 9.41. The Hall–Kier alpha value is -1.75. The molecule has 0 saturated carbocycles. The van der Waals surface area contributed by atoms with Crippen LogP contribution in [0.1, 0.15) is 125 Å². The highest BCUT2D eigenvalue weighted by molar-refractivity contribution is 5.76. The number of carbonyl (C=O) groups is 1. The van der Waals surface area contributed by atoms with E-state index in [2.05, 4.69) is 26.5 Å². The van der Waals surface area contributed by atoms with Gasteiger partial charge in [-0.3, -0.25) is 0 Å². The zero-order valence-electron chi connectivity index (χ0n) is 34.6. The molecule has 0 aromatic rings. The van der Waals surface area contributed by atoms with Crippen molar-refractivity contribution in [2.24, 2.45) is 17.8 Å². The van der Waals surface area contributed by atoms with Crippen LogP contribution in [-0.2, 0) is 38.0 Å². The normalized spacial score (nSPS) is 45.4. The second-order valence-electron chi connectivity index (χ2n) is 18.8. The molecule has 0 radical (unpaired) electrons. The fraction of sp³-hybridized carbons (Fsp3) is 0.841. The Morgan fingerprint density at radius 3 is 2.53 bits per heavy atom. The van der Waals surface area contributed by atoms with Crippen molar-refractivity contribution in [3.05, 3.63) is 36.0 Å². The van der Waals surface area contributed by atoms with Crippen LogP contribution in [0.5, 0.6) is 0 Å². The van der Waals surface area contributed by atoms with Gasteiger partial charge in [0.25, 0.3) is 0 Å². The van der Waals surface area contributed by atoms with Gasteiger partial charge in [-0.25, -0.2) is 4.79 Å². The van der Waals surface area contributed by atoms with Crippen LogP contribution < -0.4 is 0 Å². The maximum Gasteiger partial charge on any atom is 0.335 e. The second kappa shape index (κ2) is 17.0. The first kappa shape index (κ1) is 43.3. The molecule has 322 valence electrons. The van der Waals surface area contributed by atoms with Gasteiger partial charge in [0, 0.05) is 37.5 Å². The largest absolute Gasteiger partial charge is 0.479 e. The van der Waals surface area contributed by atoms with Gasteiger partial charge in [-0.05, 0) is 95.6 Å². The van der Waals surface area contributed by atoms with E-state index in [9.17, 15) is 30.3 Å². The van der Waals surface area contributed by atoms with Gasteiger partial charge in [0.15, 0.2) is 17.2 Å². The lowest BCUT2D eigenvalue weighted by Gasteiger charge is -2.50. The standard InChI is InChI=1S/C44H68O13/c1-25-21-35(56-44(23-25)36(46)14-13-31(54-44)24-41(6,50)40(48)49)26(2)11-12-30-15-18-42(53-30)19-16-34-39(57-42)37(47)29(5)38(52-34)32(45)22-27(3)33-10-7-17-43(55-33)28(4)9-8-20-51-43/h11-12,23,26-28,30-39,45-47,50H,5,7-10,13-22,24H2,1-4,6H3,(H,48,49)/t26-,27+,28-,30+,31+,32+,33+,34-,35+,36-,37-,38+,39-,41-,42-,43-,44-/m1/s1. The molecular formula is C44H68O13. The first-order valence-corrected chi connectivity index (χ1v) is 21.7. The van der Waals surface area contributed by atoms with Crippen molar-refractivity contribution < 1.29 is 63.5 Å². The van der Waals surface area contributed by atoms with Crippen LogP contribution in [0.2, 0.25) is 0 Å². The van der Waals surface area contributed by atoms with E-state index in [1.54, 1.807) is 6.08 Å². The maximum atomic E-state index is 11.6. The molecule has 0 aromatic heterocycles. The molecule has 6 saturated heterocycles. The summed E-state index contributed by atoms with van der Waals surface area (Å²) in [5.74, 6) is -3.83. The summed E-state index contributed by atoms with van der Waals surface area (Å²) in [7, 11) is 0. The van der Waals surface area contributed by atoms with Crippen molar-refractivity contribution in [1.82, 2.24) is 0 Å². The molecule has 13 heteroatoms. The van der Waals surface area contributed by atoms with Crippen molar-refractivity contribution in [3.8, 4) is 0 Å². The first-order valence-electron chi connectivity index (χ1n) is 21.7. The van der Waals surface area contributed by atoms with E-state index in [0.717, 1.165) is 50.7 Å². The number of hydrogen-bond acceptors (Lipinski definition) is 12. The third-order valence-electron chi connectivity index (χ3n) is 14.1. The Morgan fingerprint density at radius 1 is 1.00 bits per heavy atom. The molecule has 17 atom stereocenters. The summed E-state index contributed by atoms with van der Waals surface area (Å²) in [6, 6.07) is 0. The van der Waals surface area contributed by atoms with Crippen LogP contribution in [0.15, 0.2) is 36.0 Å². The lowest BCUT2D eigenvalue weighted by molar-refractivity contribution is -0.326. The number of carboxylic acid groups (broad SMARTS) is 1. The van der Waals surface area contributed by atoms with E-state index in [1.807, 2.05) is 19.9 Å². The van der Waals surface area contributed by atoms with Crippen LogP contribution in [0.4, 0.5) is 0 Å². The number of carboxylic acids is 1. The molecule has 6 fully saturated rings. The highest BCUT2D eigenvalue weighted by Crippen LogP contribution is 2.47. The minimum absolute atomic E-state index is 0.0262. The summed E-state index contributed by atoms with van der Waals surface area (Å²) < 4.78 is 45.3. The van der Waals surface area contributed by atoms with Gasteiger partial charge in [0.2, 0.25) is 5.79 Å². The monoisotopic (exact) mass is 804 g/mol. The lowest BCUT2D eigenvalue weighted by atomic mass is 9.81. The molecule has 0 amide bonds. The Balaban J connectivity index is 0.916. The summed E-state index contributed by atoms with van der Waals surface area (Å²) >= 11 is 0. The third-order valence-corrected chi connectivity index (χ3v) is 14.1. The third kappa shape index (κ3) is 9.00. The van der Waals surface area contributed by atoms with Crippen LogP contribution >= 0.6 is 0 Å². The van der Waals surface area contributed by atoms with E-state index < -0.39 is 71.7 Å². The molecule has 5 N–H and O–H groups in total. The van der Waals surface area contributed by atoms with Crippen molar-refractivity contribution in [2.75, 3.05) is 6.61 Å². The summed E-state index contributed by atoms with van der Waals surface area (Å²) in [5.41, 5.74) is -0.550. The Morgan fingerprint density at radius 2 is 1.77 bits per heavy atom. The summed E-state index contributed by atoms with van der Waals surface area (Å²) in [4.78, 5) is 11.6. The van der Waals surface area contributed by atoms with E-state index in [4.69, 9.17) is 33.2 Å². The van der Waals surface area contributed by atoms with Gasteiger partial charge in [-0.2, -0.15) is 0 Å². The fourth-order valence-electron chi connectivity index (χ4n) is 10.5. The number of aliphatic hydroxyl groups excluding tert-OH is 3. The molecule has 7 aliphatic rings. The molecule has 0 unspecified atom stereocenters. The smallest absolute Gasteiger partial charge is 0.335 e. The molecule has 0 aromatic carbocycles. The molecule has 0 aliphatic carbocycles. The molecule has 3 spiro atoms. The van der Waals surface area contributed by atoms with Gasteiger partial charge in [-0.1, -0.05) is 45.1 Å². The summed E-state index contributed by atoms with van der Waals surface area (Å²) in [5, 5.41) is 54.0. The van der Waals surface area contributed by atoms with Crippen molar-refractivity contribution in [3.63, 3.8) is 0 Å². The van der Waals surface area contributed by atoms with Gasteiger partial charge in [0.1, 0.15) is 24.4 Å². The highest BCUT2D eigenvalue weighted by Gasteiger charge is 2.55. The fourth-order valence-corrected chi connectivity index (χ4v) is 10.5. The number of aliphatic hydroxyl groups is 4. The number of ether oxygens (including phenoxy) is 7. The topological polar surface area (TPSA) is 183 Å². The zero-order valence-corrected chi connectivity index (χ0v) is 34.6. The predicted octanol–water partition coefficient (Wildman–Crippen LogP) is 5.21. The first-order chi connectivity index (χ1) is 26.9. The number of rotatable bonds is 10. The van der Waals surface area contributed by atoms with Gasteiger partial charge < -0.3 is 58.7 Å². The molecular weight excluding hydrogens is 736 g/mol. The average Bonchev–Trinajstić information content (AvgIpc) is 3.56. The Kier molecular flexibility index (Phi) is 12.9. The molecule has 7 rings (SSSR count). The van der Waals surface area contributed by atoms with Crippen LogP contribution in [0, 0.1) is 17.8 Å². The average molecular weight is 805 g/mol. The Labute approximate surface area is 337 Å². The molecule has 13 nitrogen and oxygen atoms in total. The lowest BCUT2D eigenvalue weighted by Crippen LogP contribution is -2.60. The van der Waals surface area contributed by atoms with Crippen LogP contribution in [-0.4, -0.2) is 122 Å². The van der Waals surface area contributed by atoms with Gasteiger partial charge in [0.05, 0.1) is 43.2 Å².